The summed E-state index contributed by atoms with van der Waals surface area (Å²) in [5.41, 5.74) is 1.20. The maximum absolute atomic E-state index is 12.3. The molecule has 9 heteroatoms. The average Bonchev–Trinajstić information content (AvgIpc) is 3.22. The highest BCUT2D eigenvalue weighted by molar-refractivity contribution is 8.26. The van der Waals surface area contributed by atoms with E-state index in [9.17, 15) is 14.4 Å². The predicted octanol–water partition coefficient (Wildman–Crippen LogP) is 3.41. The zero-order chi connectivity index (χ0) is 20.3. The third kappa shape index (κ3) is 4.32. The van der Waals surface area contributed by atoms with E-state index < -0.39 is 24.4 Å². The number of carboxylic acids is 1. The Hall–Kier alpha value is -2.91. The molecule has 7 nitrogen and oxygen atoms in total. The van der Waals surface area contributed by atoms with Crippen molar-refractivity contribution in [3.8, 4) is 11.3 Å². The Bertz CT molecular complexity index is 977. The number of furan rings is 1. The normalized spacial score (nSPS) is 15.3. The molecule has 1 saturated heterocycles. The van der Waals surface area contributed by atoms with Crippen molar-refractivity contribution in [2.45, 2.75) is 6.92 Å². The minimum Gasteiger partial charge on any atom is -0.480 e. The highest BCUT2D eigenvalue weighted by Gasteiger charge is 2.33. The number of hydrogen-bond donors (Lipinski definition) is 1. The molecule has 0 spiro atoms. The van der Waals surface area contributed by atoms with Gasteiger partial charge in [-0.15, -0.1) is 0 Å². The zero-order valence-corrected chi connectivity index (χ0v) is 16.3. The second-order valence-electron chi connectivity index (χ2n) is 5.66. The highest BCUT2D eigenvalue weighted by atomic mass is 32.2. The number of amides is 1. The molecule has 0 unspecified atom stereocenters. The van der Waals surface area contributed by atoms with Crippen molar-refractivity contribution < 1.29 is 28.6 Å². The number of esters is 1. The molecule has 1 aromatic heterocycles. The number of thiocarbonyl (C=S) groups is 1. The van der Waals surface area contributed by atoms with Gasteiger partial charge in [0.2, 0.25) is 0 Å². The van der Waals surface area contributed by atoms with Crippen molar-refractivity contribution >= 4 is 52.2 Å². The second-order valence-corrected chi connectivity index (χ2v) is 7.34. The molecule has 2 aromatic rings. The minimum absolute atomic E-state index is 0.194. The van der Waals surface area contributed by atoms with Crippen molar-refractivity contribution in [1.82, 2.24) is 4.90 Å². The smallest absolute Gasteiger partial charge is 0.338 e. The van der Waals surface area contributed by atoms with Crippen LogP contribution in [-0.2, 0) is 14.3 Å². The van der Waals surface area contributed by atoms with Crippen molar-refractivity contribution in [2.75, 3.05) is 13.2 Å². The first-order valence-corrected chi connectivity index (χ1v) is 9.46. The first kappa shape index (κ1) is 19.8. The summed E-state index contributed by atoms with van der Waals surface area (Å²) >= 11 is 6.09. The number of ether oxygens (including phenoxy) is 1. The number of carbonyl (C=O) groups excluding carboxylic acids is 2. The summed E-state index contributed by atoms with van der Waals surface area (Å²) in [7, 11) is 0. The fraction of sp³-hybridized carbons (Fsp3) is 0.158. The van der Waals surface area contributed by atoms with Crippen LogP contribution in [0.4, 0.5) is 0 Å². The van der Waals surface area contributed by atoms with Crippen molar-refractivity contribution in [3.63, 3.8) is 0 Å². The first-order valence-electron chi connectivity index (χ1n) is 8.23. The van der Waals surface area contributed by atoms with Crippen LogP contribution in [0.25, 0.3) is 17.4 Å². The molecule has 0 radical (unpaired) electrons. The zero-order valence-electron chi connectivity index (χ0n) is 14.7. The maximum Gasteiger partial charge on any atom is 0.338 e. The largest absolute Gasteiger partial charge is 0.480 e. The van der Waals surface area contributed by atoms with Gasteiger partial charge in [-0.1, -0.05) is 36.1 Å². The molecule has 1 aromatic carbocycles. The van der Waals surface area contributed by atoms with E-state index in [0.29, 0.717) is 28.6 Å². The summed E-state index contributed by atoms with van der Waals surface area (Å²) in [6, 6.07) is 10.2. The van der Waals surface area contributed by atoms with Gasteiger partial charge >= 0.3 is 11.9 Å². The van der Waals surface area contributed by atoms with Crippen LogP contribution in [0.5, 0.6) is 0 Å². The molecule has 1 amide bonds. The molecular weight excluding hydrogens is 402 g/mol. The Morgan fingerprint density at radius 1 is 1.25 bits per heavy atom. The van der Waals surface area contributed by atoms with E-state index in [2.05, 4.69) is 0 Å². The maximum atomic E-state index is 12.3. The van der Waals surface area contributed by atoms with Crippen LogP contribution in [0.3, 0.4) is 0 Å². The Kier molecular flexibility index (Phi) is 5.96. The first-order chi connectivity index (χ1) is 13.4. The topological polar surface area (TPSA) is 97.0 Å². The quantitative estimate of drug-likeness (QED) is 0.434. The minimum atomic E-state index is -1.14. The van der Waals surface area contributed by atoms with Gasteiger partial charge < -0.3 is 14.3 Å². The monoisotopic (exact) mass is 417 g/mol. The third-order valence-electron chi connectivity index (χ3n) is 3.75. The molecule has 144 valence electrons. The predicted molar refractivity (Wildman–Crippen MR) is 108 cm³/mol. The lowest BCUT2D eigenvalue weighted by Gasteiger charge is -2.09. The van der Waals surface area contributed by atoms with Crippen LogP contribution in [0.1, 0.15) is 23.0 Å². The van der Waals surface area contributed by atoms with E-state index in [-0.39, 0.29) is 4.32 Å². The van der Waals surface area contributed by atoms with E-state index in [1.54, 1.807) is 43.3 Å². The van der Waals surface area contributed by atoms with Gasteiger partial charge in [0.05, 0.1) is 17.1 Å². The molecule has 1 aliphatic rings. The summed E-state index contributed by atoms with van der Waals surface area (Å²) in [6.07, 6.45) is 1.53. The van der Waals surface area contributed by atoms with Gasteiger partial charge in [0, 0.05) is 11.6 Å². The van der Waals surface area contributed by atoms with Crippen LogP contribution in [0.2, 0.25) is 0 Å². The van der Waals surface area contributed by atoms with Crippen LogP contribution in [0, 0.1) is 0 Å². The SMILES string of the molecule is CCOC(=O)c1ccc(-c2ccc(C=C3SC(=S)N(CC(=O)O)C3=O)o2)cc1. The highest BCUT2D eigenvalue weighted by Crippen LogP contribution is 2.33. The summed E-state index contributed by atoms with van der Waals surface area (Å²) in [4.78, 5) is 36.2. The lowest BCUT2D eigenvalue weighted by molar-refractivity contribution is -0.140. The van der Waals surface area contributed by atoms with Crippen molar-refractivity contribution in [2.24, 2.45) is 0 Å². The van der Waals surface area contributed by atoms with Crippen LogP contribution in [-0.4, -0.2) is 45.3 Å². The lowest BCUT2D eigenvalue weighted by atomic mass is 10.1. The lowest BCUT2D eigenvalue weighted by Crippen LogP contribution is -2.33. The van der Waals surface area contributed by atoms with E-state index in [1.165, 1.54) is 6.08 Å². The van der Waals surface area contributed by atoms with Gasteiger partial charge in [0.15, 0.2) is 0 Å². The third-order valence-corrected chi connectivity index (χ3v) is 5.13. The molecule has 3 rings (SSSR count). The molecule has 1 N–H and O–H groups in total. The molecule has 1 fully saturated rings. The van der Waals surface area contributed by atoms with Crippen LogP contribution in [0.15, 0.2) is 45.7 Å². The Morgan fingerprint density at radius 3 is 2.61 bits per heavy atom. The molecule has 2 heterocycles. The van der Waals surface area contributed by atoms with Crippen LogP contribution < -0.4 is 0 Å². The number of thioether (sulfide) groups is 1. The molecule has 28 heavy (non-hydrogen) atoms. The number of benzene rings is 1. The molecule has 0 bridgehead atoms. The van der Waals surface area contributed by atoms with Crippen LogP contribution >= 0.6 is 24.0 Å². The molecular formula is C19H15NO6S2. The molecule has 0 atom stereocenters. The van der Waals surface area contributed by atoms with Crippen molar-refractivity contribution in [3.05, 3.63) is 52.6 Å². The van der Waals surface area contributed by atoms with Gasteiger partial charge in [-0.05, 0) is 31.2 Å². The number of carbonyl (C=O) groups is 3. The fourth-order valence-electron chi connectivity index (χ4n) is 2.47. The number of hydrogen-bond acceptors (Lipinski definition) is 7. The Morgan fingerprint density at radius 2 is 1.96 bits per heavy atom. The van der Waals surface area contributed by atoms with E-state index in [4.69, 9.17) is 26.5 Å². The number of rotatable bonds is 6. The Balaban J connectivity index is 1.76. The summed E-state index contributed by atoms with van der Waals surface area (Å²) in [5.74, 6) is -1.00. The molecule has 1 aliphatic heterocycles. The van der Waals surface area contributed by atoms with Gasteiger partial charge in [0.1, 0.15) is 22.4 Å². The second kappa shape index (κ2) is 8.41. The van der Waals surface area contributed by atoms with Gasteiger partial charge in [0.25, 0.3) is 5.91 Å². The summed E-state index contributed by atoms with van der Waals surface area (Å²) in [5, 5.41) is 8.87. The molecule has 0 saturated carbocycles. The number of nitrogens with zero attached hydrogens (tertiary/aromatic N) is 1. The van der Waals surface area contributed by atoms with Gasteiger partial charge in [-0.3, -0.25) is 14.5 Å². The average molecular weight is 417 g/mol. The Labute approximate surface area is 170 Å². The van der Waals surface area contributed by atoms with E-state index in [1.807, 2.05) is 0 Å². The van der Waals surface area contributed by atoms with E-state index >= 15 is 0 Å². The molecule has 0 aliphatic carbocycles. The summed E-state index contributed by atoms with van der Waals surface area (Å²) < 4.78 is 10.9. The van der Waals surface area contributed by atoms with Gasteiger partial charge in [-0.25, -0.2) is 4.79 Å². The fourth-order valence-corrected chi connectivity index (χ4v) is 3.71. The standard InChI is InChI=1S/C19H15NO6S2/c1-2-25-18(24)12-5-3-11(4-6-12)14-8-7-13(26-14)9-15-17(23)20(10-16(21)22)19(27)28-15/h3-9H,2,10H2,1H3,(H,21,22). The van der Waals surface area contributed by atoms with E-state index in [0.717, 1.165) is 22.2 Å². The summed E-state index contributed by atoms with van der Waals surface area (Å²) in [6.45, 7) is 1.57. The number of carboxylic acid groups (broad SMARTS) is 1. The number of aliphatic carboxylic acids is 1. The van der Waals surface area contributed by atoms with Crippen molar-refractivity contribution in [1.29, 1.82) is 0 Å². The van der Waals surface area contributed by atoms with Gasteiger partial charge in [-0.2, -0.15) is 0 Å².